The van der Waals surface area contributed by atoms with Gasteiger partial charge in [0.25, 0.3) is 0 Å². The molecule has 2 atom stereocenters. The molecule has 0 saturated heterocycles. The van der Waals surface area contributed by atoms with Crippen LogP contribution in [0, 0.1) is 0 Å². The number of rotatable bonds is 39. The molecule has 0 aliphatic carbocycles. The number of carbonyl (C=O) groups is 1. The molecule has 0 radical (unpaired) electrons. The zero-order valence-electron chi connectivity index (χ0n) is 32.1. The minimum absolute atomic E-state index is 0.0299. The van der Waals surface area contributed by atoms with Gasteiger partial charge in [-0.15, -0.1) is 0 Å². The van der Waals surface area contributed by atoms with E-state index in [4.69, 9.17) is 0 Å². The first kappa shape index (κ1) is 46.1. The topological polar surface area (TPSA) is 69.6 Å². The standard InChI is InChI=1S/C43H85NO3/c1-3-5-7-9-11-13-15-17-18-19-20-21-22-23-24-25-26-27-29-31-33-35-37-39-43(47)44-41(40-45)42(46)38-36-34-32-30-28-16-14-12-10-8-6-4-2/h17-18,41-42,45-46H,3-16,19-40H2,1-2H3,(H,44,47)/b18-17+/t41-,42+/m0/s1. The van der Waals surface area contributed by atoms with Crippen molar-refractivity contribution in [2.45, 2.75) is 251 Å². The maximum Gasteiger partial charge on any atom is 0.220 e. The average molecular weight is 664 g/mol. The monoisotopic (exact) mass is 664 g/mol. The summed E-state index contributed by atoms with van der Waals surface area (Å²) in [6.45, 7) is 4.36. The Morgan fingerprint density at radius 2 is 0.809 bits per heavy atom. The van der Waals surface area contributed by atoms with Gasteiger partial charge in [0.2, 0.25) is 5.91 Å². The Morgan fingerprint density at radius 1 is 0.489 bits per heavy atom. The lowest BCUT2D eigenvalue weighted by molar-refractivity contribution is -0.123. The molecule has 0 fully saturated rings. The van der Waals surface area contributed by atoms with Crippen molar-refractivity contribution in [1.29, 1.82) is 0 Å². The van der Waals surface area contributed by atoms with E-state index in [1.807, 2.05) is 0 Å². The van der Waals surface area contributed by atoms with E-state index < -0.39 is 12.1 Å². The van der Waals surface area contributed by atoms with Crippen LogP contribution in [0.5, 0.6) is 0 Å². The lowest BCUT2D eigenvalue weighted by Gasteiger charge is -2.22. The molecule has 1 amide bonds. The molecule has 47 heavy (non-hydrogen) atoms. The van der Waals surface area contributed by atoms with Crippen molar-refractivity contribution in [3.8, 4) is 0 Å². The van der Waals surface area contributed by atoms with E-state index in [1.54, 1.807) is 0 Å². The largest absolute Gasteiger partial charge is 0.394 e. The molecule has 3 N–H and O–H groups in total. The fourth-order valence-electron chi connectivity index (χ4n) is 6.71. The van der Waals surface area contributed by atoms with Gasteiger partial charge in [0.1, 0.15) is 0 Å². The highest BCUT2D eigenvalue weighted by molar-refractivity contribution is 5.76. The number of amides is 1. The van der Waals surface area contributed by atoms with Crippen molar-refractivity contribution in [3.05, 3.63) is 12.2 Å². The quantitative estimate of drug-likeness (QED) is 0.0453. The fourth-order valence-corrected chi connectivity index (χ4v) is 6.71. The molecule has 0 aromatic heterocycles. The molecule has 4 nitrogen and oxygen atoms in total. The van der Waals surface area contributed by atoms with Gasteiger partial charge in [-0.1, -0.05) is 206 Å². The van der Waals surface area contributed by atoms with Gasteiger partial charge < -0.3 is 15.5 Å². The Hall–Kier alpha value is -0.870. The van der Waals surface area contributed by atoms with Gasteiger partial charge in [0, 0.05) is 6.42 Å². The second-order valence-corrected chi connectivity index (χ2v) is 14.8. The Bertz CT molecular complexity index is 637. The van der Waals surface area contributed by atoms with Gasteiger partial charge in [-0.3, -0.25) is 4.79 Å². The highest BCUT2D eigenvalue weighted by Crippen LogP contribution is 2.16. The number of nitrogens with one attached hydrogen (secondary N) is 1. The van der Waals surface area contributed by atoms with Crippen LogP contribution in [-0.2, 0) is 4.79 Å². The lowest BCUT2D eigenvalue weighted by Crippen LogP contribution is -2.45. The molecule has 0 aliphatic heterocycles. The number of allylic oxidation sites excluding steroid dienone is 2. The Labute approximate surface area is 295 Å². The maximum absolute atomic E-state index is 12.4. The molecule has 0 aliphatic rings. The Kier molecular flexibility index (Phi) is 38.8. The molecular weight excluding hydrogens is 578 g/mol. The third-order valence-electron chi connectivity index (χ3n) is 10.0. The van der Waals surface area contributed by atoms with Crippen LogP contribution in [0.1, 0.15) is 239 Å². The van der Waals surface area contributed by atoms with E-state index in [2.05, 4.69) is 31.3 Å². The predicted octanol–water partition coefficient (Wildman–Crippen LogP) is 13.1. The first-order valence-electron chi connectivity index (χ1n) is 21.4. The first-order chi connectivity index (χ1) is 23.2. The maximum atomic E-state index is 12.4. The van der Waals surface area contributed by atoms with Gasteiger partial charge in [-0.25, -0.2) is 0 Å². The van der Waals surface area contributed by atoms with Gasteiger partial charge in [0.05, 0.1) is 18.8 Å². The first-order valence-corrected chi connectivity index (χ1v) is 21.4. The third kappa shape index (κ3) is 36.2. The van der Waals surface area contributed by atoms with E-state index in [9.17, 15) is 15.0 Å². The second-order valence-electron chi connectivity index (χ2n) is 14.8. The van der Waals surface area contributed by atoms with E-state index in [1.165, 1.54) is 186 Å². The summed E-state index contributed by atoms with van der Waals surface area (Å²) in [6, 6.07) is -0.531. The molecule has 0 unspecified atom stereocenters. The summed E-state index contributed by atoms with van der Waals surface area (Å²) in [5, 5.41) is 23.1. The summed E-state index contributed by atoms with van der Waals surface area (Å²) in [7, 11) is 0. The van der Waals surface area contributed by atoms with Crippen LogP contribution >= 0.6 is 0 Å². The van der Waals surface area contributed by atoms with Crippen molar-refractivity contribution in [1.82, 2.24) is 5.32 Å². The summed E-state index contributed by atoms with van der Waals surface area (Å²) in [5.41, 5.74) is 0. The molecule has 0 spiro atoms. The van der Waals surface area contributed by atoms with Crippen molar-refractivity contribution in [2.75, 3.05) is 6.61 Å². The van der Waals surface area contributed by atoms with E-state index in [0.29, 0.717) is 12.8 Å². The van der Waals surface area contributed by atoms with Crippen molar-refractivity contribution < 1.29 is 15.0 Å². The van der Waals surface area contributed by atoms with E-state index >= 15 is 0 Å². The second kappa shape index (κ2) is 39.6. The van der Waals surface area contributed by atoms with Crippen LogP contribution in [0.15, 0.2) is 12.2 Å². The molecule has 0 heterocycles. The summed E-state index contributed by atoms with van der Waals surface area (Å²) < 4.78 is 0. The minimum Gasteiger partial charge on any atom is -0.394 e. The Morgan fingerprint density at radius 3 is 1.17 bits per heavy atom. The zero-order chi connectivity index (χ0) is 34.3. The minimum atomic E-state index is -0.654. The number of aliphatic hydroxyl groups excluding tert-OH is 2. The Balaban J connectivity index is 3.46. The molecule has 0 saturated carbocycles. The van der Waals surface area contributed by atoms with Crippen LogP contribution in [0.25, 0.3) is 0 Å². The highest BCUT2D eigenvalue weighted by atomic mass is 16.3. The molecule has 0 rings (SSSR count). The molecule has 0 aromatic carbocycles. The van der Waals surface area contributed by atoms with Crippen molar-refractivity contribution >= 4 is 5.91 Å². The number of unbranched alkanes of at least 4 members (excludes halogenated alkanes) is 30. The normalized spacial score (nSPS) is 13.0. The van der Waals surface area contributed by atoms with E-state index in [-0.39, 0.29) is 12.5 Å². The number of carbonyl (C=O) groups excluding carboxylic acids is 1. The molecule has 0 bridgehead atoms. The lowest BCUT2D eigenvalue weighted by atomic mass is 10.0. The van der Waals surface area contributed by atoms with Crippen LogP contribution in [0.3, 0.4) is 0 Å². The van der Waals surface area contributed by atoms with Gasteiger partial charge in [0.15, 0.2) is 0 Å². The molecular formula is C43H85NO3. The smallest absolute Gasteiger partial charge is 0.220 e. The number of aliphatic hydroxyl groups is 2. The van der Waals surface area contributed by atoms with Gasteiger partial charge >= 0.3 is 0 Å². The van der Waals surface area contributed by atoms with Gasteiger partial charge in [-0.2, -0.15) is 0 Å². The predicted molar refractivity (Wildman–Crippen MR) is 207 cm³/mol. The summed E-state index contributed by atoms with van der Waals surface area (Å²) in [5.74, 6) is -0.0299. The van der Waals surface area contributed by atoms with Crippen LogP contribution < -0.4 is 5.32 Å². The molecule has 4 heteroatoms. The van der Waals surface area contributed by atoms with Crippen molar-refractivity contribution in [2.24, 2.45) is 0 Å². The summed E-state index contributed by atoms with van der Waals surface area (Å²) in [6.07, 6.45) is 48.6. The third-order valence-corrected chi connectivity index (χ3v) is 10.0. The fraction of sp³-hybridized carbons (Fsp3) is 0.930. The van der Waals surface area contributed by atoms with Crippen LogP contribution in [0.4, 0.5) is 0 Å². The zero-order valence-corrected chi connectivity index (χ0v) is 32.1. The number of hydrogen-bond acceptors (Lipinski definition) is 3. The highest BCUT2D eigenvalue weighted by Gasteiger charge is 2.20. The van der Waals surface area contributed by atoms with Crippen LogP contribution in [-0.4, -0.2) is 34.9 Å². The molecule has 0 aromatic rings. The summed E-state index contributed by atoms with van der Waals surface area (Å²) >= 11 is 0. The SMILES string of the molecule is CCCCCCCC/C=C/CCCCCCCCCCCCCCCC(=O)N[C@@H](CO)[C@H](O)CCCCCCCCCCCCCC. The number of hydrogen-bond donors (Lipinski definition) is 3. The van der Waals surface area contributed by atoms with Crippen LogP contribution in [0.2, 0.25) is 0 Å². The van der Waals surface area contributed by atoms with Crippen molar-refractivity contribution in [3.63, 3.8) is 0 Å². The summed E-state index contributed by atoms with van der Waals surface area (Å²) in [4.78, 5) is 12.4. The average Bonchev–Trinajstić information content (AvgIpc) is 3.07. The molecule has 280 valence electrons. The van der Waals surface area contributed by atoms with Gasteiger partial charge in [-0.05, 0) is 38.5 Å². The van der Waals surface area contributed by atoms with E-state index in [0.717, 1.165) is 25.7 Å².